The molecule has 0 unspecified atom stereocenters. The van der Waals surface area contributed by atoms with Gasteiger partial charge in [0, 0.05) is 25.6 Å². The maximum absolute atomic E-state index is 13.1. The van der Waals surface area contributed by atoms with E-state index in [1.807, 2.05) is 18.2 Å². The van der Waals surface area contributed by atoms with Crippen LogP contribution in [0.2, 0.25) is 0 Å². The molecule has 0 aromatic heterocycles. The van der Waals surface area contributed by atoms with Crippen molar-refractivity contribution in [1.29, 1.82) is 0 Å². The number of amides is 2. The summed E-state index contributed by atoms with van der Waals surface area (Å²) >= 11 is 0. The summed E-state index contributed by atoms with van der Waals surface area (Å²) in [6, 6.07) is 8.27. The lowest BCUT2D eigenvalue weighted by atomic mass is 9.95. The molecule has 2 amide bonds. The summed E-state index contributed by atoms with van der Waals surface area (Å²) in [6.07, 6.45) is 8.80. The van der Waals surface area contributed by atoms with E-state index < -0.39 is 17.9 Å². The number of morpholine rings is 1. The highest BCUT2D eigenvalue weighted by molar-refractivity contribution is 5.90. The van der Waals surface area contributed by atoms with Crippen molar-refractivity contribution >= 4 is 17.8 Å². The van der Waals surface area contributed by atoms with Crippen LogP contribution >= 0.6 is 0 Å². The van der Waals surface area contributed by atoms with Gasteiger partial charge in [0.2, 0.25) is 11.8 Å². The molecule has 0 radical (unpaired) electrons. The Kier molecular flexibility index (Phi) is 14.8. The van der Waals surface area contributed by atoms with E-state index in [2.05, 4.69) is 22.5 Å². The predicted octanol–water partition coefficient (Wildman–Crippen LogP) is 3.91. The number of ether oxygens (including phenoxy) is 1. The SMILES string of the molecule is CCCCCCCCC[C@@H](CC(=O)O)C(=O)N[C@@H](C(=O)NCCCN1CCOCC1)c1ccccc1. The van der Waals surface area contributed by atoms with Crippen LogP contribution in [0.15, 0.2) is 30.3 Å². The predicted molar refractivity (Wildman–Crippen MR) is 141 cm³/mol. The quantitative estimate of drug-likeness (QED) is 0.262. The number of nitrogens with one attached hydrogen (secondary N) is 2. The van der Waals surface area contributed by atoms with Crippen LogP contribution in [-0.4, -0.2) is 67.2 Å². The fourth-order valence-electron chi connectivity index (χ4n) is 4.53. The summed E-state index contributed by atoms with van der Waals surface area (Å²) in [5.41, 5.74) is 0.682. The number of unbranched alkanes of at least 4 members (excludes halogenated alkanes) is 6. The number of carbonyl (C=O) groups is 3. The van der Waals surface area contributed by atoms with Crippen LogP contribution in [0.25, 0.3) is 0 Å². The Balaban J connectivity index is 1.90. The van der Waals surface area contributed by atoms with E-state index in [9.17, 15) is 19.5 Å². The molecule has 0 bridgehead atoms. The Labute approximate surface area is 216 Å². The number of hydrogen-bond donors (Lipinski definition) is 3. The molecule has 1 aliphatic rings. The third-order valence-electron chi connectivity index (χ3n) is 6.68. The second-order valence-electron chi connectivity index (χ2n) is 9.66. The van der Waals surface area contributed by atoms with Crippen molar-refractivity contribution in [3.8, 4) is 0 Å². The molecule has 0 aliphatic carbocycles. The largest absolute Gasteiger partial charge is 0.481 e. The molecule has 1 fully saturated rings. The molecule has 0 saturated carbocycles. The van der Waals surface area contributed by atoms with Crippen molar-refractivity contribution in [2.24, 2.45) is 5.92 Å². The average molecular weight is 504 g/mol. The van der Waals surface area contributed by atoms with E-state index in [0.717, 1.165) is 58.5 Å². The van der Waals surface area contributed by atoms with Gasteiger partial charge < -0.3 is 20.5 Å². The molecule has 1 aliphatic heterocycles. The molecule has 1 heterocycles. The van der Waals surface area contributed by atoms with Gasteiger partial charge in [-0.2, -0.15) is 0 Å². The molecular formula is C28H45N3O5. The van der Waals surface area contributed by atoms with E-state index in [4.69, 9.17) is 4.74 Å². The van der Waals surface area contributed by atoms with Gasteiger partial charge in [0.25, 0.3) is 0 Å². The first kappa shape index (κ1) is 29.8. The highest BCUT2D eigenvalue weighted by Crippen LogP contribution is 2.19. The molecule has 1 aromatic carbocycles. The summed E-state index contributed by atoms with van der Waals surface area (Å²) in [5.74, 6) is -2.30. The van der Waals surface area contributed by atoms with Gasteiger partial charge in [-0.25, -0.2) is 0 Å². The van der Waals surface area contributed by atoms with Crippen molar-refractivity contribution < 1.29 is 24.2 Å². The Morgan fingerprint density at radius 3 is 2.28 bits per heavy atom. The number of rotatable bonds is 18. The van der Waals surface area contributed by atoms with Crippen molar-refractivity contribution in [2.75, 3.05) is 39.4 Å². The number of carbonyl (C=O) groups excluding carboxylic acids is 2. The minimum atomic E-state index is -0.998. The summed E-state index contributed by atoms with van der Waals surface area (Å²) in [6.45, 7) is 6.86. The number of carboxylic acids is 1. The van der Waals surface area contributed by atoms with Crippen molar-refractivity contribution in [1.82, 2.24) is 15.5 Å². The second-order valence-corrected chi connectivity index (χ2v) is 9.66. The molecule has 36 heavy (non-hydrogen) atoms. The third kappa shape index (κ3) is 12.0. The first-order chi connectivity index (χ1) is 17.5. The highest BCUT2D eigenvalue weighted by Gasteiger charge is 2.28. The Hall–Kier alpha value is -2.45. The van der Waals surface area contributed by atoms with Gasteiger partial charge in [-0.15, -0.1) is 0 Å². The van der Waals surface area contributed by atoms with Gasteiger partial charge in [0.1, 0.15) is 6.04 Å². The van der Waals surface area contributed by atoms with E-state index in [1.165, 1.54) is 25.7 Å². The molecule has 8 nitrogen and oxygen atoms in total. The number of carboxylic acid groups (broad SMARTS) is 1. The summed E-state index contributed by atoms with van der Waals surface area (Å²) in [7, 11) is 0. The Morgan fingerprint density at radius 1 is 0.944 bits per heavy atom. The van der Waals surface area contributed by atoms with Crippen LogP contribution in [0, 0.1) is 5.92 Å². The zero-order valence-corrected chi connectivity index (χ0v) is 21.9. The molecule has 1 saturated heterocycles. The van der Waals surface area contributed by atoms with Crippen LogP contribution in [0.1, 0.15) is 82.7 Å². The number of hydrogen-bond acceptors (Lipinski definition) is 5. The van der Waals surface area contributed by atoms with Gasteiger partial charge >= 0.3 is 5.97 Å². The standard InChI is InChI=1S/C28H45N3O5/c1-2-3-4-5-6-7-9-15-24(22-25(32)33)27(34)30-26(23-13-10-8-11-14-23)28(35)29-16-12-17-31-18-20-36-21-19-31/h8,10-11,13-14,24,26H,2-7,9,12,15-22H2,1H3,(H,29,35)(H,30,34)(H,32,33)/t24-,26+/m0/s1. The van der Waals surface area contributed by atoms with E-state index >= 15 is 0 Å². The summed E-state index contributed by atoms with van der Waals surface area (Å²) in [5, 5.41) is 15.2. The molecule has 202 valence electrons. The number of nitrogens with zero attached hydrogens (tertiary/aromatic N) is 1. The van der Waals surface area contributed by atoms with Gasteiger partial charge in [-0.3, -0.25) is 19.3 Å². The fraction of sp³-hybridized carbons (Fsp3) is 0.679. The van der Waals surface area contributed by atoms with Crippen molar-refractivity contribution in [2.45, 2.75) is 77.2 Å². The fourth-order valence-corrected chi connectivity index (χ4v) is 4.53. The van der Waals surface area contributed by atoms with Crippen molar-refractivity contribution in [3.63, 3.8) is 0 Å². The molecule has 8 heteroatoms. The maximum atomic E-state index is 13.1. The smallest absolute Gasteiger partial charge is 0.304 e. The van der Waals surface area contributed by atoms with Gasteiger partial charge in [-0.05, 0) is 24.9 Å². The molecule has 1 aromatic rings. The minimum absolute atomic E-state index is 0.232. The average Bonchev–Trinajstić information content (AvgIpc) is 2.89. The summed E-state index contributed by atoms with van der Waals surface area (Å²) < 4.78 is 5.37. The van der Waals surface area contributed by atoms with Crippen LogP contribution in [0.5, 0.6) is 0 Å². The highest BCUT2D eigenvalue weighted by atomic mass is 16.5. The topological polar surface area (TPSA) is 108 Å². The Bertz CT molecular complexity index is 768. The zero-order valence-electron chi connectivity index (χ0n) is 21.9. The maximum Gasteiger partial charge on any atom is 0.304 e. The van der Waals surface area contributed by atoms with Crippen LogP contribution in [0.4, 0.5) is 0 Å². The van der Waals surface area contributed by atoms with Gasteiger partial charge in [-0.1, -0.05) is 82.2 Å². The van der Waals surface area contributed by atoms with Crippen LogP contribution < -0.4 is 10.6 Å². The lowest BCUT2D eigenvalue weighted by Crippen LogP contribution is -2.44. The second kappa shape index (κ2) is 17.9. The van der Waals surface area contributed by atoms with Crippen molar-refractivity contribution in [3.05, 3.63) is 35.9 Å². The molecule has 2 rings (SSSR count). The van der Waals surface area contributed by atoms with E-state index in [-0.39, 0.29) is 18.2 Å². The Morgan fingerprint density at radius 2 is 1.61 bits per heavy atom. The monoisotopic (exact) mass is 503 g/mol. The zero-order chi connectivity index (χ0) is 26.0. The van der Waals surface area contributed by atoms with E-state index in [1.54, 1.807) is 12.1 Å². The van der Waals surface area contributed by atoms with Gasteiger partial charge in [0.15, 0.2) is 0 Å². The summed E-state index contributed by atoms with van der Waals surface area (Å²) in [4.78, 5) is 40.0. The molecule has 2 atom stereocenters. The molecule has 0 spiro atoms. The lowest BCUT2D eigenvalue weighted by molar-refractivity contribution is -0.141. The van der Waals surface area contributed by atoms with Gasteiger partial charge in [0.05, 0.1) is 19.6 Å². The first-order valence-electron chi connectivity index (χ1n) is 13.7. The normalized spacial score (nSPS) is 15.7. The molecular weight excluding hydrogens is 458 g/mol. The van der Waals surface area contributed by atoms with E-state index in [0.29, 0.717) is 18.5 Å². The lowest BCUT2D eigenvalue weighted by Gasteiger charge is -2.26. The number of aliphatic carboxylic acids is 1. The molecule has 3 N–H and O–H groups in total. The minimum Gasteiger partial charge on any atom is -0.481 e. The number of benzene rings is 1. The first-order valence-corrected chi connectivity index (χ1v) is 13.7. The third-order valence-corrected chi connectivity index (χ3v) is 6.68. The van der Waals surface area contributed by atoms with Crippen LogP contribution in [0.3, 0.4) is 0 Å². The van der Waals surface area contributed by atoms with Crippen LogP contribution in [-0.2, 0) is 19.1 Å².